The fraction of sp³-hybridized carbons (Fsp3) is 0.125. The molecule has 2 atom stereocenters. The Hall–Kier alpha value is -4.11. The molecule has 0 bridgehead atoms. The zero-order chi connectivity index (χ0) is 22.8. The van der Waals surface area contributed by atoms with Crippen molar-refractivity contribution < 1.29 is 9.34 Å². The third kappa shape index (κ3) is 4.18. The van der Waals surface area contributed by atoms with E-state index in [1.807, 2.05) is 42.5 Å². The fourth-order valence-electron chi connectivity index (χ4n) is 3.98. The number of benzene rings is 1. The monoisotopic (exact) mass is 457 g/mol. The second kappa shape index (κ2) is 8.79. The number of hydrogen-bond acceptors (Lipinski definition) is 6. The Morgan fingerprint density at radius 3 is 2.52 bits per heavy atom. The number of hydrogen-bond donors (Lipinski definition) is 1. The minimum atomic E-state index is -0.420. The van der Waals surface area contributed by atoms with Crippen LogP contribution in [0, 0.1) is 10.1 Å². The molecule has 4 aromatic rings. The number of nitrogens with zero attached hydrogens (tertiary/aromatic N) is 4. The van der Waals surface area contributed by atoms with E-state index in [0.717, 1.165) is 22.6 Å². The average Bonchev–Trinajstić information content (AvgIpc) is 3.45. The van der Waals surface area contributed by atoms with E-state index in [4.69, 9.17) is 16.6 Å². The summed E-state index contributed by atoms with van der Waals surface area (Å²) < 4.78 is 6.27. The topological polar surface area (TPSA) is 97.3 Å². The Morgan fingerprint density at radius 1 is 1.03 bits per heavy atom. The highest BCUT2D eigenvalue weighted by molar-refractivity contribution is 7.80. The molecular weight excluding hydrogens is 438 g/mol. The molecule has 0 unspecified atom stereocenters. The summed E-state index contributed by atoms with van der Waals surface area (Å²) in [5.41, 5.74) is 2.73. The molecule has 164 valence electrons. The van der Waals surface area contributed by atoms with Gasteiger partial charge in [-0.2, -0.15) is 0 Å². The minimum absolute atomic E-state index is 0.0367. The molecule has 1 fully saturated rings. The molecule has 0 amide bonds. The highest BCUT2D eigenvalue weighted by Gasteiger charge is 2.41. The predicted octanol–water partition coefficient (Wildman–Crippen LogP) is 4.82. The SMILES string of the molecule is O=[N+]([O-])c1ccc(-c2ccc([C@H]3[C@H](c4ccccn4)NC(=S)N3Cc3ccncc3)o2)cc1. The Balaban J connectivity index is 1.51. The molecule has 3 aromatic heterocycles. The zero-order valence-electron chi connectivity index (χ0n) is 17.4. The molecular formula is C24H19N5O3S. The summed E-state index contributed by atoms with van der Waals surface area (Å²) in [6.07, 6.45) is 5.27. The highest BCUT2D eigenvalue weighted by atomic mass is 32.1. The summed E-state index contributed by atoms with van der Waals surface area (Å²) in [4.78, 5) is 21.3. The van der Waals surface area contributed by atoms with E-state index < -0.39 is 4.92 Å². The molecule has 0 radical (unpaired) electrons. The molecule has 1 aliphatic heterocycles. The van der Waals surface area contributed by atoms with Gasteiger partial charge in [0.05, 0.1) is 16.7 Å². The van der Waals surface area contributed by atoms with Crippen LogP contribution in [0.4, 0.5) is 5.69 Å². The maximum absolute atomic E-state index is 11.0. The van der Waals surface area contributed by atoms with Crippen molar-refractivity contribution in [2.24, 2.45) is 0 Å². The van der Waals surface area contributed by atoms with Crippen LogP contribution in [0.15, 0.2) is 89.7 Å². The molecule has 0 spiro atoms. The summed E-state index contributed by atoms with van der Waals surface area (Å²) in [5.74, 6) is 1.35. The van der Waals surface area contributed by atoms with Crippen LogP contribution in [0.3, 0.4) is 0 Å². The number of nitro benzene ring substituents is 1. The maximum Gasteiger partial charge on any atom is 0.269 e. The van der Waals surface area contributed by atoms with Crippen LogP contribution < -0.4 is 5.32 Å². The van der Waals surface area contributed by atoms with Crippen LogP contribution in [0.5, 0.6) is 0 Å². The van der Waals surface area contributed by atoms with Crippen molar-refractivity contribution in [2.75, 3.05) is 0 Å². The summed E-state index contributed by atoms with van der Waals surface area (Å²) in [6.45, 7) is 0.579. The molecule has 1 aliphatic rings. The number of non-ortho nitro benzene ring substituents is 1. The quantitative estimate of drug-likeness (QED) is 0.250. The van der Waals surface area contributed by atoms with E-state index in [1.165, 1.54) is 12.1 Å². The first-order valence-corrected chi connectivity index (χ1v) is 10.7. The Labute approximate surface area is 195 Å². The Morgan fingerprint density at radius 2 is 1.82 bits per heavy atom. The van der Waals surface area contributed by atoms with Crippen molar-refractivity contribution in [3.05, 3.63) is 112 Å². The van der Waals surface area contributed by atoms with E-state index in [9.17, 15) is 10.1 Å². The van der Waals surface area contributed by atoms with E-state index in [-0.39, 0.29) is 17.8 Å². The fourth-order valence-corrected chi connectivity index (χ4v) is 4.29. The third-order valence-electron chi connectivity index (χ3n) is 5.58. The van der Waals surface area contributed by atoms with Crippen LogP contribution in [0.2, 0.25) is 0 Å². The van der Waals surface area contributed by atoms with Crippen molar-refractivity contribution >= 4 is 23.0 Å². The van der Waals surface area contributed by atoms with Gasteiger partial charge in [-0.3, -0.25) is 20.1 Å². The predicted molar refractivity (Wildman–Crippen MR) is 126 cm³/mol. The molecule has 33 heavy (non-hydrogen) atoms. The molecule has 1 saturated heterocycles. The lowest BCUT2D eigenvalue weighted by atomic mass is 10.0. The van der Waals surface area contributed by atoms with Gasteiger partial charge in [-0.05, 0) is 66.3 Å². The number of aromatic nitrogens is 2. The first-order chi connectivity index (χ1) is 16.1. The van der Waals surface area contributed by atoms with E-state index >= 15 is 0 Å². The first-order valence-electron chi connectivity index (χ1n) is 10.3. The number of nitro groups is 1. The van der Waals surface area contributed by atoms with Crippen molar-refractivity contribution in [2.45, 2.75) is 18.6 Å². The van der Waals surface area contributed by atoms with Gasteiger partial charge >= 0.3 is 0 Å². The minimum Gasteiger partial charge on any atom is -0.459 e. The number of rotatable bonds is 6. The largest absolute Gasteiger partial charge is 0.459 e. The van der Waals surface area contributed by atoms with Gasteiger partial charge in [0.25, 0.3) is 5.69 Å². The highest BCUT2D eigenvalue weighted by Crippen LogP contribution is 2.41. The van der Waals surface area contributed by atoms with Gasteiger partial charge in [0.2, 0.25) is 0 Å². The van der Waals surface area contributed by atoms with Crippen LogP contribution in [-0.4, -0.2) is 24.9 Å². The second-order valence-electron chi connectivity index (χ2n) is 7.62. The summed E-state index contributed by atoms with van der Waals surface area (Å²) in [6, 6.07) is 19.4. The van der Waals surface area contributed by atoms with E-state index in [2.05, 4.69) is 20.2 Å². The normalized spacial score (nSPS) is 17.7. The molecule has 4 heterocycles. The molecule has 5 rings (SSSR count). The Kier molecular flexibility index (Phi) is 5.54. The number of thiocarbonyl (C=S) groups is 1. The Bertz CT molecular complexity index is 1280. The van der Waals surface area contributed by atoms with Gasteiger partial charge in [0.1, 0.15) is 17.6 Å². The van der Waals surface area contributed by atoms with E-state index in [0.29, 0.717) is 17.4 Å². The zero-order valence-corrected chi connectivity index (χ0v) is 18.2. The average molecular weight is 458 g/mol. The lowest BCUT2D eigenvalue weighted by Crippen LogP contribution is -2.29. The maximum atomic E-state index is 11.0. The van der Waals surface area contributed by atoms with Gasteiger partial charge < -0.3 is 14.6 Å². The van der Waals surface area contributed by atoms with Crippen molar-refractivity contribution in [1.82, 2.24) is 20.2 Å². The molecule has 8 nitrogen and oxygen atoms in total. The van der Waals surface area contributed by atoms with Crippen LogP contribution in [0.1, 0.15) is 29.1 Å². The summed E-state index contributed by atoms with van der Waals surface area (Å²) in [7, 11) is 0. The first kappa shape index (κ1) is 20.8. The third-order valence-corrected chi connectivity index (χ3v) is 5.93. The number of pyridine rings is 2. The van der Waals surface area contributed by atoms with Crippen molar-refractivity contribution in [3.8, 4) is 11.3 Å². The van der Waals surface area contributed by atoms with E-state index in [1.54, 1.807) is 30.7 Å². The number of nitrogens with one attached hydrogen (secondary N) is 1. The smallest absolute Gasteiger partial charge is 0.269 e. The molecule has 1 aromatic carbocycles. The van der Waals surface area contributed by atoms with Gasteiger partial charge in [-0.25, -0.2) is 0 Å². The standard InChI is InChI=1S/C24H19N5O3S/c30-29(31)18-6-4-17(5-7-18)20-8-9-21(32-20)23-22(19-3-1-2-12-26-19)27-24(33)28(23)15-16-10-13-25-14-11-16/h1-14,22-23H,15H2,(H,27,33)/t22-,23-/m0/s1. The van der Waals surface area contributed by atoms with Crippen molar-refractivity contribution in [1.29, 1.82) is 0 Å². The summed E-state index contributed by atoms with van der Waals surface area (Å²) >= 11 is 5.70. The van der Waals surface area contributed by atoms with Gasteiger partial charge in [0.15, 0.2) is 5.11 Å². The van der Waals surface area contributed by atoms with Gasteiger partial charge in [0, 0.05) is 42.8 Å². The van der Waals surface area contributed by atoms with Crippen LogP contribution >= 0.6 is 12.2 Å². The van der Waals surface area contributed by atoms with Crippen LogP contribution in [-0.2, 0) is 6.54 Å². The molecule has 0 aliphatic carbocycles. The van der Waals surface area contributed by atoms with Crippen LogP contribution in [0.25, 0.3) is 11.3 Å². The molecule has 1 N–H and O–H groups in total. The second-order valence-corrected chi connectivity index (χ2v) is 8.00. The summed E-state index contributed by atoms with van der Waals surface area (Å²) in [5, 5.41) is 15.0. The molecule has 0 saturated carbocycles. The lowest BCUT2D eigenvalue weighted by molar-refractivity contribution is -0.384. The lowest BCUT2D eigenvalue weighted by Gasteiger charge is -2.26. The number of furan rings is 1. The molecule has 9 heteroatoms. The van der Waals surface area contributed by atoms with Crippen molar-refractivity contribution in [3.63, 3.8) is 0 Å². The van der Waals surface area contributed by atoms with Gasteiger partial charge in [-0.1, -0.05) is 6.07 Å². The van der Waals surface area contributed by atoms with Gasteiger partial charge in [-0.15, -0.1) is 0 Å².